The van der Waals surface area contributed by atoms with E-state index in [1.54, 1.807) is 0 Å². The number of carbonyl (C=O) groups excluding carboxylic acids is 1. The van der Waals surface area contributed by atoms with Gasteiger partial charge in [0.15, 0.2) is 0 Å². The summed E-state index contributed by atoms with van der Waals surface area (Å²) in [5, 5.41) is 0. The summed E-state index contributed by atoms with van der Waals surface area (Å²) in [6.07, 6.45) is 1.43. The molecule has 2 aliphatic heterocycles. The maximum atomic E-state index is 13.2. The van der Waals surface area contributed by atoms with Crippen LogP contribution in [0.1, 0.15) is 24.0 Å². The third-order valence-electron chi connectivity index (χ3n) is 5.46. The Hall–Kier alpha value is -1.44. The SMILES string of the molecule is C[N+]1(C)CCC2(CC1)OC(=O)C(c1ccccc1)(c1ccccc1)O2.[I-]. The molecule has 0 aromatic heterocycles. The van der Waals surface area contributed by atoms with Gasteiger partial charge >= 0.3 is 5.97 Å². The highest BCUT2D eigenvalue weighted by Crippen LogP contribution is 2.48. The summed E-state index contributed by atoms with van der Waals surface area (Å²) in [4.78, 5) is 13.2. The molecule has 4 nitrogen and oxygen atoms in total. The smallest absolute Gasteiger partial charge is 0.350 e. The number of piperidine rings is 1. The fourth-order valence-electron chi connectivity index (χ4n) is 3.84. The predicted octanol–water partition coefficient (Wildman–Crippen LogP) is 0.0741. The fraction of sp³-hybridized carbons (Fsp3) is 0.381. The highest BCUT2D eigenvalue weighted by Gasteiger charge is 2.61. The van der Waals surface area contributed by atoms with E-state index in [-0.39, 0.29) is 29.9 Å². The van der Waals surface area contributed by atoms with Crippen LogP contribution in [0.5, 0.6) is 0 Å². The summed E-state index contributed by atoms with van der Waals surface area (Å²) in [6.45, 7) is 1.85. The van der Waals surface area contributed by atoms with Gasteiger partial charge in [0.25, 0.3) is 0 Å². The number of ether oxygens (including phenoxy) is 2. The zero-order valence-corrected chi connectivity index (χ0v) is 17.3. The minimum absolute atomic E-state index is 0. The first-order valence-corrected chi connectivity index (χ1v) is 8.83. The molecule has 0 amide bonds. The second kappa shape index (κ2) is 6.94. The highest BCUT2D eigenvalue weighted by atomic mass is 127. The average molecular weight is 465 g/mol. The van der Waals surface area contributed by atoms with E-state index < -0.39 is 11.4 Å². The van der Waals surface area contributed by atoms with Gasteiger partial charge < -0.3 is 37.9 Å². The van der Waals surface area contributed by atoms with Crippen molar-refractivity contribution in [3.63, 3.8) is 0 Å². The third-order valence-corrected chi connectivity index (χ3v) is 5.46. The molecule has 0 bridgehead atoms. The Bertz CT molecular complexity index is 727. The minimum Gasteiger partial charge on any atom is -1.00 e. The molecule has 26 heavy (non-hydrogen) atoms. The lowest BCUT2D eigenvalue weighted by atomic mass is 9.86. The van der Waals surface area contributed by atoms with Crippen molar-refractivity contribution in [3.05, 3.63) is 71.8 Å². The minimum atomic E-state index is -1.18. The van der Waals surface area contributed by atoms with Gasteiger partial charge in [0, 0.05) is 0 Å². The van der Waals surface area contributed by atoms with Gasteiger partial charge in [0.1, 0.15) is 0 Å². The topological polar surface area (TPSA) is 35.5 Å². The Labute approximate surface area is 171 Å². The van der Waals surface area contributed by atoms with E-state index in [9.17, 15) is 4.79 Å². The normalized spacial score (nSPS) is 22.5. The highest BCUT2D eigenvalue weighted by molar-refractivity contribution is 5.87. The largest absolute Gasteiger partial charge is 1.00 e. The zero-order chi connectivity index (χ0) is 17.5. The second-order valence-electron chi connectivity index (χ2n) is 7.70. The molecule has 5 heteroatoms. The lowest BCUT2D eigenvalue weighted by Crippen LogP contribution is -3.00. The standard InChI is InChI=1S/C21H24NO3.HI/c1-22(2)15-13-20(14-16-22)24-19(23)21(25-20,17-9-5-3-6-10-17)18-11-7-4-8-12-18;/h3-12H,13-16H2,1-2H3;1H/q+1;/p-1. The van der Waals surface area contributed by atoms with Crippen LogP contribution in [0.3, 0.4) is 0 Å². The van der Waals surface area contributed by atoms with Gasteiger partial charge in [0.05, 0.1) is 40.0 Å². The van der Waals surface area contributed by atoms with E-state index >= 15 is 0 Å². The molecule has 0 saturated carbocycles. The van der Waals surface area contributed by atoms with Gasteiger partial charge in [-0.2, -0.15) is 0 Å². The molecule has 2 saturated heterocycles. The molecule has 2 aromatic rings. The number of likely N-dealkylation sites (tertiary alicyclic amines) is 1. The first-order valence-electron chi connectivity index (χ1n) is 8.83. The van der Waals surface area contributed by atoms with Crippen molar-refractivity contribution in [1.29, 1.82) is 0 Å². The van der Waals surface area contributed by atoms with Crippen molar-refractivity contribution in [3.8, 4) is 0 Å². The number of rotatable bonds is 2. The number of hydrogen-bond donors (Lipinski definition) is 0. The third kappa shape index (κ3) is 3.17. The van der Waals surface area contributed by atoms with Crippen LogP contribution in [0.2, 0.25) is 0 Å². The average Bonchev–Trinajstić information content (AvgIpc) is 2.93. The molecule has 1 spiro atoms. The van der Waals surface area contributed by atoms with E-state index in [4.69, 9.17) is 9.47 Å². The lowest BCUT2D eigenvalue weighted by molar-refractivity contribution is -0.898. The van der Waals surface area contributed by atoms with E-state index in [0.717, 1.165) is 28.7 Å². The van der Waals surface area contributed by atoms with Crippen molar-refractivity contribution in [2.75, 3.05) is 27.2 Å². The van der Waals surface area contributed by atoms with Gasteiger partial charge in [0.2, 0.25) is 11.4 Å². The maximum Gasteiger partial charge on any atom is 0.350 e. The summed E-state index contributed by atoms with van der Waals surface area (Å²) in [6, 6.07) is 19.4. The van der Waals surface area contributed by atoms with E-state index in [1.165, 1.54) is 0 Å². The number of hydrogen-bond acceptors (Lipinski definition) is 3. The summed E-state index contributed by atoms with van der Waals surface area (Å²) in [5.74, 6) is -1.13. The van der Waals surface area contributed by atoms with Gasteiger partial charge in [-0.3, -0.25) is 0 Å². The molecular weight excluding hydrogens is 441 g/mol. The summed E-state index contributed by atoms with van der Waals surface area (Å²) in [7, 11) is 4.40. The molecule has 0 aliphatic carbocycles. The van der Waals surface area contributed by atoms with Crippen molar-refractivity contribution < 1.29 is 42.7 Å². The van der Waals surface area contributed by atoms with Crippen molar-refractivity contribution in [1.82, 2.24) is 0 Å². The van der Waals surface area contributed by atoms with Crippen LogP contribution < -0.4 is 24.0 Å². The van der Waals surface area contributed by atoms with Crippen LogP contribution in [-0.2, 0) is 19.9 Å². The molecule has 2 aromatic carbocycles. The number of quaternary nitrogens is 1. The molecule has 4 rings (SSSR count). The van der Waals surface area contributed by atoms with Gasteiger partial charge in [-0.25, -0.2) is 4.79 Å². The summed E-state index contributed by atoms with van der Waals surface area (Å²) in [5.41, 5.74) is 0.460. The maximum absolute atomic E-state index is 13.2. The second-order valence-corrected chi connectivity index (χ2v) is 7.70. The molecule has 0 unspecified atom stereocenters. The molecule has 0 radical (unpaired) electrons. The van der Waals surface area contributed by atoms with Gasteiger partial charge in [-0.1, -0.05) is 60.7 Å². The van der Waals surface area contributed by atoms with Crippen molar-refractivity contribution in [2.24, 2.45) is 0 Å². The van der Waals surface area contributed by atoms with E-state index in [1.807, 2.05) is 60.7 Å². The molecule has 2 fully saturated rings. The quantitative estimate of drug-likeness (QED) is 0.358. The molecule has 2 aliphatic rings. The van der Waals surface area contributed by atoms with E-state index in [2.05, 4.69) is 14.1 Å². The number of nitrogens with zero attached hydrogens (tertiary/aromatic N) is 1. The van der Waals surface area contributed by atoms with E-state index in [0.29, 0.717) is 12.8 Å². The van der Waals surface area contributed by atoms with Crippen molar-refractivity contribution in [2.45, 2.75) is 24.2 Å². The van der Waals surface area contributed by atoms with Crippen LogP contribution in [0.25, 0.3) is 0 Å². The van der Waals surface area contributed by atoms with Crippen LogP contribution in [0.15, 0.2) is 60.7 Å². The Balaban J connectivity index is 0.00000196. The monoisotopic (exact) mass is 465 g/mol. The Kier molecular flexibility index (Phi) is 5.16. The Morgan fingerprint density at radius 2 is 1.31 bits per heavy atom. The Morgan fingerprint density at radius 1 is 0.846 bits per heavy atom. The summed E-state index contributed by atoms with van der Waals surface area (Å²) < 4.78 is 13.4. The van der Waals surface area contributed by atoms with Crippen LogP contribution >= 0.6 is 0 Å². The van der Waals surface area contributed by atoms with Crippen molar-refractivity contribution >= 4 is 5.97 Å². The predicted molar refractivity (Wildman–Crippen MR) is 94.6 cm³/mol. The lowest BCUT2D eigenvalue weighted by Gasteiger charge is -2.41. The number of carbonyl (C=O) groups is 1. The number of halogens is 1. The molecule has 0 atom stereocenters. The number of benzene rings is 2. The first kappa shape index (κ1) is 19.3. The Morgan fingerprint density at radius 3 is 1.77 bits per heavy atom. The molecule has 138 valence electrons. The molecular formula is C21H24INO3. The fourth-order valence-corrected chi connectivity index (χ4v) is 3.84. The van der Waals surface area contributed by atoms with Crippen LogP contribution in [0.4, 0.5) is 0 Å². The van der Waals surface area contributed by atoms with Crippen LogP contribution in [-0.4, -0.2) is 43.4 Å². The first-order chi connectivity index (χ1) is 12.0. The van der Waals surface area contributed by atoms with Gasteiger partial charge in [-0.15, -0.1) is 0 Å². The molecule has 2 heterocycles. The van der Waals surface area contributed by atoms with Crippen LogP contribution in [0, 0.1) is 0 Å². The summed E-state index contributed by atoms with van der Waals surface area (Å²) >= 11 is 0. The number of esters is 1. The zero-order valence-electron chi connectivity index (χ0n) is 15.2. The molecule has 0 N–H and O–H groups in total. The van der Waals surface area contributed by atoms with Gasteiger partial charge in [-0.05, 0) is 11.1 Å².